The zero-order valence-corrected chi connectivity index (χ0v) is 21.6. The van der Waals surface area contributed by atoms with Crippen molar-refractivity contribution >= 4 is 5.91 Å². The van der Waals surface area contributed by atoms with Gasteiger partial charge in [-0.25, -0.2) is 14.1 Å². The molecule has 1 aliphatic heterocycles. The summed E-state index contributed by atoms with van der Waals surface area (Å²) in [6.07, 6.45) is 1.81. The highest BCUT2D eigenvalue weighted by molar-refractivity contribution is 5.95. The highest BCUT2D eigenvalue weighted by Crippen LogP contribution is 2.48. The monoisotopic (exact) mass is 511 g/mol. The lowest BCUT2D eigenvalue weighted by atomic mass is 9.95. The summed E-state index contributed by atoms with van der Waals surface area (Å²) in [5.74, 6) is 0.716. The molecule has 2 aromatic heterocycles. The summed E-state index contributed by atoms with van der Waals surface area (Å²) in [7, 11) is 0. The Balaban J connectivity index is 1.16. The van der Waals surface area contributed by atoms with Crippen LogP contribution < -0.4 is 10.5 Å². The predicted molar refractivity (Wildman–Crippen MR) is 142 cm³/mol. The third-order valence-electron chi connectivity index (χ3n) is 7.50. The summed E-state index contributed by atoms with van der Waals surface area (Å²) in [5.41, 5.74) is 10.4. The Hall–Kier alpha value is -4.04. The first-order chi connectivity index (χ1) is 18.2. The molecule has 0 unspecified atom stereocenters. The minimum Gasteiger partial charge on any atom is -0.474 e. The quantitative estimate of drug-likeness (QED) is 0.405. The van der Waals surface area contributed by atoms with Gasteiger partial charge in [-0.15, -0.1) is 0 Å². The molecule has 7 nitrogen and oxygen atoms in total. The van der Waals surface area contributed by atoms with Gasteiger partial charge in [-0.1, -0.05) is 18.2 Å². The summed E-state index contributed by atoms with van der Waals surface area (Å²) < 4.78 is 21.6. The van der Waals surface area contributed by atoms with E-state index in [1.165, 1.54) is 12.1 Å². The maximum absolute atomic E-state index is 13.5. The number of hydrogen-bond donors (Lipinski definition) is 1. The number of amides is 1. The first kappa shape index (κ1) is 24.3. The second-order valence-corrected chi connectivity index (χ2v) is 10.8. The van der Waals surface area contributed by atoms with Crippen molar-refractivity contribution in [2.45, 2.75) is 32.4 Å². The molecule has 0 radical (unpaired) electrons. The first-order valence-corrected chi connectivity index (χ1v) is 12.8. The summed E-state index contributed by atoms with van der Waals surface area (Å²) in [6, 6.07) is 19.8. The van der Waals surface area contributed by atoms with Crippen LogP contribution >= 0.6 is 0 Å². The van der Waals surface area contributed by atoms with E-state index in [-0.39, 0.29) is 29.7 Å². The van der Waals surface area contributed by atoms with Crippen LogP contribution in [-0.4, -0.2) is 44.8 Å². The van der Waals surface area contributed by atoms with Gasteiger partial charge in [0.1, 0.15) is 11.9 Å². The number of nitrogens with two attached hydrogens (primary N) is 1. The van der Waals surface area contributed by atoms with E-state index in [9.17, 15) is 9.18 Å². The van der Waals surface area contributed by atoms with Crippen molar-refractivity contribution in [2.24, 2.45) is 17.6 Å². The Bertz CT molecular complexity index is 1480. The number of ether oxygens (including phenoxy) is 1. The van der Waals surface area contributed by atoms with Crippen LogP contribution in [0, 0.1) is 24.6 Å². The van der Waals surface area contributed by atoms with Gasteiger partial charge in [0.25, 0.3) is 5.91 Å². The van der Waals surface area contributed by atoms with Crippen LogP contribution in [0.15, 0.2) is 72.9 Å². The van der Waals surface area contributed by atoms with Crippen LogP contribution in [-0.2, 0) is 5.54 Å². The molecular weight excluding hydrogens is 481 g/mol. The molecule has 4 aromatic rings. The zero-order valence-electron chi connectivity index (χ0n) is 21.6. The number of benzene rings is 2. The second kappa shape index (κ2) is 9.06. The lowest BCUT2D eigenvalue weighted by molar-refractivity contribution is 0.0751. The lowest BCUT2D eigenvalue weighted by Gasteiger charge is -2.22. The number of fused-ring (bicyclic) bond motifs is 1. The lowest BCUT2D eigenvalue weighted by Crippen LogP contribution is -2.33. The molecular formula is C30H30FN5O2. The van der Waals surface area contributed by atoms with E-state index in [0.717, 1.165) is 16.8 Å². The zero-order chi connectivity index (χ0) is 26.6. The Kier molecular flexibility index (Phi) is 5.79. The minimum atomic E-state index is -0.597. The average molecular weight is 512 g/mol. The molecule has 38 heavy (non-hydrogen) atoms. The van der Waals surface area contributed by atoms with E-state index in [4.69, 9.17) is 15.5 Å². The molecule has 194 valence electrons. The highest BCUT2D eigenvalue weighted by atomic mass is 19.1. The molecule has 2 aliphatic rings. The van der Waals surface area contributed by atoms with Gasteiger partial charge in [0, 0.05) is 48.3 Å². The number of halogens is 1. The van der Waals surface area contributed by atoms with Crippen molar-refractivity contribution in [3.05, 3.63) is 95.6 Å². The highest BCUT2D eigenvalue weighted by Gasteiger charge is 2.59. The maximum atomic E-state index is 13.5. The number of nitrogens with zero attached hydrogens (tertiary/aromatic N) is 4. The van der Waals surface area contributed by atoms with Crippen molar-refractivity contribution in [3.63, 3.8) is 0 Å². The summed E-state index contributed by atoms with van der Waals surface area (Å²) in [4.78, 5) is 19.9. The molecule has 3 heterocycles. The Morgan fingerprint density at radius 3 is 2.39 bits per heavy atom. The molecule has 2 fully saturated rings. The van der Waals surface area contributed by atoms with Crippen molar-refractivity contribution in [2.75, 3.05) is 13.1 Å². The number of carbonyl (C=O) groups excluding carboxylic acids is 1. The molecule has 1 saturated heterocycles. The predicted octanol–water partition coefficient (Wildman–Crippen LogP) is 4.73. The molecule has 1 amide bonds. The molecule has 0 spiro atoms. The van der Waals surface area contributed by atoms with Crippen LogP contribution in [0.5, 0.6) is 5.88 Å². The molecule has 6 rings (SSSR count). The number of carbonyl (C=O) groups is 1. The SMILES string of the molecule is Cc1nn(-c2ccccc2)cc1C(=O)N1C[C@@H]2[C@H](C1)[C@@H]2Oc1cc(C(C)(C)N)cc(-c2ccc(F)cc2)n1. The van der Waals surface area contributed by atoms with Gasteiger partial charge in [-0.05, 0) is 68.8 Å². The molecule has 1 saturated carbocycles. The standard InChI is InChI=1S/C30H30FN5O2/c1-18-23(17-36(34-18)22-7-5-4-6-8-22)29(37)35-15-24-25(16-35)28(24)38-27-14-20(30(2,3)32)13-26(33-27)19-9-11-21(31)12-10-19/h4-14,17,24-25,28H,15-16,32H2,1-3H3/t24-,25+,28-. The average Bonchev–Trinajstić information content (AvgIpc) is 3.22. The van der Waals surface area contributed by atoms with E-state index in [1.54, 1.807) is 16.8 Å². The van der Waals surface area contributed by atoms with E-state index < -0.39 is 5.54 Å². The molecule has 1 aliphatic carbocycles. The van der Waals surface area contributed by atoms with Crippen molar-refractivity contribution < 1.29 is 13.9 Å². The number of piperidine rings is 1. The Morgan fingerprint density at radius 1 is 1.05 bits per heavy atom. The van der Waals surface area contributed by atoms with Crippen LogP contribution in [0.4, 0.5) is 4.39 Å². The van der Waals surface area contributed by atoms with E-state index >= 15 is 0 Å². The second-order valence-electron chi connectivity index (χ2n) is 10.8. The Morgan fingerprint density at radius 2 is 1.74 bits per heavy atom. The van der Waals surface area contributed by atoms with Gasteiger partial charge < -0.3 is 15.4 Å². The third kappa shape index (κ3) is 4.56. The largest absolute Gasteiger partial charge is 0.474 e. The van der Waals surface area contributed by atoms with Crippen LogP contribution in [0.3, 0.4) is 0 Å². The summed E-state index contributed by atoms with van der Waals surface area (Å²) in [6.45, 7) is 7.00. The smallest absolute Gasteiger partial charge is 0.257 e. The number of rotatable bonds is 6. The normalized spacial score (nSPS) is 20.3. The van der Waals surface area contributed by atoms with Gasteiger partial charge in [-0.2, -0.15) is 5.10 Å². The van der Waals surface area contributed by atoms with Crippen LogP contribution in [0.25, 0.3) is 16.9 Å². The fourth-order valence-corrected chi connectivity index (χ4v) is 5.21. The van der Waals surface area contributed by atoms with Gasteiger partial charge in [0.15, 0.2) is 0 Å². The molecule has 2 aromatic carbocycles. The topological polar surface area (TPSA) is 86.3 Å². The molecule has 8 heteroatoms. The molecule has 3 atom stereocenters. The minimum absolute atomic E-state index is 0.000712. The van der Waals surface area contributed by atoms with Gasteiger partial charge in [0.2, 0.25) is 5.88 Å². The first-order valence-electron chi connectivity index (χ1n) is 12.8. The van der Waals surface area contributed by atoms with Gasteiger partial charge >= 0.3 is 0 Å². The van der Waals surface area contributed by atoms with Crippen molar-refractivity contribution in [3.8, 4) is 22.8 Å². The molecule has 0 bridgehead atoms. The number of aryl methyl sites for hydroxylation is 1. The summed E-state index contributed by atoms with van der Waals surface area (Å²) in [5, 5.41) is 4.55. The number of pyridine rings is 1. The molecule has 2 N–H and O–H groups in total. The van der Waals surface area contributed by atoms with E-state index in [2.05, 4.69) is 5.10 Å². The van der Waals surface area contributed by atoms with Crippen molar-refractivity contribution in [1.82, 2.24) is 19.7 Å². The summed E-state index contributed by atoms with van der Waals surface area (Å²) >= 11 is 0. The Labute approximate surface area is 221 Å². The number of likely N-dealkylation sites (tertiary alicyclic amines) is 1. The fourth-order valence-electron chi connectivity index (χ4n) is 5.21. The van der Waals surface area contributed by atoms with Gasteiger partial charge in [0.05, 0.1) is 22.6 Å². The number of aromatic nitrogens is 3. The number of para-hydroxylation sites is 1. The van der Waals surface area contributed by atoms with Crippen molar-refractivity contribution in [1.29, 1.82) is 0 Å². The van der Waals surface area contributed by atoms with Crippen LogP contribution in [0.2, 0.25) is 0 Å². The third-order valence-corrected chi connectivity index (χ3v) is 7.50. The number of hydrogen-bond acceptors (Lipinski definition) is 5. The van der Waals surface area contributed by atoms with Crippen LogP contribution in [0.1, 0.15) is 35.5 Å². The van der Waals surface area contributed by atoms with Gasteiger partial charge in [-0.3, -0.25) is 4.79 Å². The fraction of sp³-hybridized carbons (Fsp3) is 0.300. The van der Waals surface area contributed by atoms with E-state index in [1.807, 2.05) is 74.3 Å². The maximum Gasteiger partial charge on any atom is 0.257 e. The van der Waals surface area contributed by atoms with E-state index in [0.29, 0.717) is 35.9 Å².